The molecule has 0 aliphatic carbocycles. The van der Waals surface area contributed by atoms with Crippen molar-refractivity contribution in [3.8, 4) is 0 Å². The number of sulfonamides is 1. The van der Waals surface area contributed by atoms with Crippen molar-refractivity contribution in [3.05, 3.63) is 28.5 Å². The molecule has 0 bridgehead atoms. The van der Waals surface area contributed by atoms with Crippen LogP contribution in [0.25, 0.3) is 0 Å². The number of primary sulfonamides is 1. The summed E-state index contributed by atoms with van der Waals surface area (Å²) in [5.41, 5.74) is -0.491. The van der Waals surface area contributed by atoms with Gasteiger partial charge in [0.25, 0.3) is 5.91 Å². The Balaban J connectivity index is 3.08. The Kier molecular flexibility index (Phi) is 6.09. The Bertz CT molecular complexity index is 636. The Morgan fingerprint density at radius 1 is 1.52 bits per heavy atom. The highest BCUT2D eigenvalue weighted by Gasteiger charge is 2.23. The van der Waals surface area contributed by atoms with E-state index in [-0.39, 0.29) is 17.7 Å². The standard InChI is InChI=1S/C12H16ClFN2O4S/c1-3-20-6-7(2)16-12(17)9-4-8(13)5-10(11(9)14)21(15,18)19/h4-5,7H,3,6H2,1-2H3,(H,16,17)(H2,15,18,19). The van der Waals surface area contributed by atoms with Gasteiger partial charge in [-0.2, -0.15) is 0 Å². The molecule has 1 atom stereocenters. The summed E-state index contributed by atoms with van der Waals surface area (Å²) in [6.45, 7) is 4.17. The van der Waals surface area contributed by atoms with E-state index in [9.17, 15) is 17.6 Å². The van der Waals surface area contributed by atoms with Crippen LogP contribution in [0.4, 0.5) is 4.39 Å². The third-order valence-corrected chi connectivity index (χ3v) is 3.63. The number of hydrogen-bond acceptors (Lipinski definition) is 4. The van der Waals surface area contributed by atoms with Gasteiger partial charge in [0, 0.05) is 17.7 Å². The Hall–Kier alpha value is -1.22. The van der Waals surface area contributed by atoms with Gasteiger partial charge in [-0.3, -0.25) is 4.79 Å². The number of nitrogens with two attached hydrogens (primary N) is 1. The van der Waals surface area contributed by atoms with E-state index >= 15 is 0 Å². The van der Waals surface area contributed by atoms with Crippen LogP contribution in [0.3, 0.4) is 0 Å². The second kappa shape index (κ2) is 7.17. The van der Waals surface area contributed by atoms with Gasteiger partial charge in [-0.15, -0.1) is 0 Å². The van der Waals surface area contributed by atoms with Crippen molar-refractivity contribution in [1.29, 1.82) is 0 Å². The van der Waals surface area contributed by atoms with Gasteiger partial charge in [0.1, 0.15) is 4.90 Å². The van der Waals surface area contributed by atoms with Crippen LogP contribution in [0.5, 0.6) is 0 Å². The number of hydrogen-bond donors (Lipinski definition) is 2. The highest BCUT2D eigenvalue weighted by Crippen LogP contribution is 2.23. The van der Waals surface area contributed by atoms with Crippen molar-refractivity contribution >= 4 is 27.5 Å². The number of carbonyl (C=O) groups is 1. The summed E-state index contributed by atoms with van der Waals surface area (Å²) in [4.78, 5) is 11.1. The lowest BCUT2D eigenvalue weighted by molar-refractivity contribution is 0.0867. The molecule has 1 aromatic rings. The smallest absolute Gasteiger partial charge is 0.254 e. The van der Waals surface area contributed by atoms with E-state index in [2.05, 4.69) is 5.32 Å². The first kappa shape index (κ1) is 17.8. The lowest BCUT2D eigenvalue weighted by atomic mass is 10.2. The van der Waals surface area contributed by atoms with E-state index < -0.39 is 32.2 Å². The van der Waals surface area contributed by atoms with Crippen molar-refractivity contribution in [2.24, 2.45) is 5.14 Å². The molecule has 0 saturated heterocycles. The monoisotopic (exact) mass is 338 g/mol. The van der Waals surface area contributed by atoms with Gasteiger partial charge in [0.15, 0.2) is 5.82 Å². The maximum Gasteiger partial charge on any atom is 0.254 e. The molecule has 1 aromatic carbocycles. The molecule has 0 aliphatic heterocycles. The summed E-state index contributed by atoms with van der Waals surface area (Å²) in [5, 5.41) is 7.26. The summed E-state index contributed by atoms with van der Waals surface area (Å²) in [6.07, 6.45) is 0. The predicted molar refractivity (Wildman–Crippen MR) is 76.2 cm³/mol. The predicted octanol–water partition coefficient (Wildman–Crippen LogP) is 1.28. The topological polar surface area (TPSA) is 98.5 Å². The number of nitrogens with one attached hydrogen (secondary N) is 1. The zero-order chi connectivity index (χ0) is 16.2. The molecule has 21 heavy (non-hydrogen) atoms. The van der Waals surface area contributed by atoms with Crippen molar-refractivity contribution in [2.45, 2.75) is 24.8 Å². The molecular weight excluding hydrogens is 323 g/mol. The molecule has 0 radical (unpaired) electrons. The molecular formula is C12H16ClFN2O4S. The number of carbonyl (C=O) groups excluding carboxylic acids is 1. The van der Waals surface area contributed by atoms with Crippen LogP contribution < -0.4 is 10.5 Å². The second-order valence-corrected chi connectivity index (χ2v) is 6.31. The normalized spacial score (nSPS) is 13.0. The van der Waals surface area contributed by atoms with E-state index in [0.29, 0.717) is 6.61 Å². The molecule has 9 heteroatoms. The van der Waals surface area contributed by atoms with Crippen LogP contribution in [-0.2, 0) is 14.8 Å². The number of ether oxygens (including phenoxy) is 1. The molecule has 118 valence electrons. The van der Waals surface area contributed by atoms with Gasteiger partial charge < -0.3 is 10.1 Å². The molecule has 1 unspecified atom stereocenters. The minimum absolute atomic E-state index is 0.108. The van der Waals surface area contributed by atoms with E-state index in [1.165, 1.54) is 0 Å². The molecule has 0 saturated carbocycles. The van der Waals surface area contributed by atoms with E-state index in [1.54, 1.807) is 13.8 Å². The summed E-state index contributed by atoms with van der Waals surface area (Å²) >= 11 is 5.70. The number of benzene rings is 1. The van der Waals surface area contributed by atoms with Gasteiger partial charge >= 0.3 is 0 Å². The van der Waals surface area contributed by atoms with Gasteiger partial charge in [-0.25, -0.2) is 17.9 Å². The third kappa shape index (κ3) is 4.92. The van der Waals surface area contributed by atoms with Crippen LogP contribution in [0, 0.1) is 5.82 Å². The quantitative estimate of drug-likeness (QED) is 0.816. The molecule has 0 spiro atoms. The Morgan fingerprint density at radius 2 is 2.14 bits per heavy atom. The van der Waals surface area contributed by atoms with Gasteiger partial charge in [0.2, 0.25) is 10.0 Å². The minimum Gasteiger partial charge on any atom is -0.380 e. The van der Waals surface area contributed by atoms with E-state index in [4.69, 9.17) is 21.5 Å². The van der Waals surface area contributed by atoms with E-state index in [0.717, 1.165) is 12.1 Å². The fraction of sp³-hybridized carbons (Fsp3) is 0.417. The first-order chi connectivity index (χ1) is 9.66. The fourth-order valence-electron chi connectivity index (χ4n) is 1.57. The molecule has 3 N–H and O–H groups in total. The minimum atomic E-state index is -4.32. The van der Waals surface area contributed by atoms with Crippen molar-refractivity contribution in [1.82, 2.24) is 5.32 Å². The third-order valence-electron chi connectivity index (χ3n) is 2.50. The summed E-state index contributed by atoms with van der Waals surface area (Å²) in [6, 6.07) is 1.51. The lowest BCUT2D eigenvalue weighted by Crippen LogP contribution is -2.36. The molecule has 0 aliphatic rings. The number of rotatable bonds is 6. The first-order valence-electron chi connectivity index (χ1n) is 6.07. The second-order valence-electron chi connectivity index (χ2n) is 4.34. The van der Waals surface area contributed by atoms with Crippen LogP contribution >= 0.6 is 11.6 Å². The maximum absolute atomic E-state index is 14.1. The fourth-order valence-corrected chi connectivity index (χ4v) is 2.51. The Morgan fingerprint density at radius 3 is 2.67 bits per heavy atom. The van der Waals surface area contributed by atoms with Gasteiger partial charge in [-0.1, -0.05) is 11.6 Å². The number of amides is 1. The average molecular weight is 339 g/mol. The summed E-state index contributed by atoms with van der Waals surface area (Å²) in [7, 11) is -4.32. The van der Waals surface area contributed by atoms with Gasteiger partial charge in [0.05, 0.1) is 12.2 Å². The maximum atomic E-state index is 14.1. The summed E-state index contributed by atoms with van der Waals surface area (Å²) in [5.74, 6) is -2.03. The highest BCUT2D eigenvalue weighted by molar-refractivity contribution is 7.89. The summed E-state index contributed by atoms with van der Waals surface area (Å²) < 4.78 is 41.7. The average Bonchev–Trinajstić information content (AvgIpc) is 2.37. The van der Waals surface area contributed by atoms with Crippen LogP contribution in [0.15, 0.2) is 17.0 Å². The largest absolute Gasteiger partial charge is 0.380 e. The molecule has 1 amide bonds. The van der Waals surface area contributed by atoms with Crippen LogP contribution in [-0.4, -0.2) is 33.6 Å². The SMILES string of the molecule is CCOCC(C)NC(=O)c1cc(Cl)cc(S(N)(=O)=O)c1F. The molecule has 0 fully saturated rings. The lowest BCUT2D eigenvalue weighted by Gasteiger charge is -2.14. The highest BCUT2D eigenvalue weighted by atomic mass is 35.5. The zero-order valence-electron chi connectivity index (χ0n) is 11.5. The van der Waals surface area contributed by atoms with Gasteiger partial charge in [-0.05, 0) is 26.0 Å². The van der Waals surface area contributed by atoms with Crippen molar-refractivity contribution < 1.29 is 22.3 Å². The molecule has 6 nitrogen and oxygen atoms in total. The van der Waals surface area contributed by atoms with Crippen molar-refractivity contribution in [2.75, 3.05) is 13.2 Å². The van der Waals surface area contributed by atoms with E-state index in [1.807, 2.05) is 0 Å². The first-order valence-corrected chi connectivity index (χ1v) is 7.99. The molecule has 0 aromatic heterocycles. The molecule has 1 rings (SSSR count). The number of halogens is 2. The molecule has 0 heterocycles. The zero-order valence-corrected chi connectivity index (χ0v) is 13.1. The Labute approximate surface area is 127 Å². The van der Waals surface area contributed by atoms with Crippen molar-refractivity contribution in [3.63, 3.8) is 0 Å². The van der Waals surface area contributed by atoms with Crippen LogP contribution in [0.2, 0.25) is 5.02 Å². The van der Waals surface area contributed by atoms with Crippen LogP contribution in [0.1, 0.15) is 24.2 Å².